The predicted octanol–water partition coefficient (Wildman–Crippen LogP) is 3.70. The molecule has 0 spiro atoms. The van der Waals surface area contributed by atoms with E-state index in [1.165, 1.54) is 0 Å². The summed E-state index contributed by atoms with van der Waals surface area (Å²) in [6.45, 7) is 0.487. The number of carbonyl (C=O) groups excluding carboxylic acids is 1. The van der Waals surface area contributed by atoms with Gasteiger partial charge in [0, 0.05) is 22.5 Å². The highest BCUT2D eigenvalue weighted by Gasteiger charge is 2.53. The molecular weight excluding hydrogens is 368 g/mol. The van der Waals surface area contributed by atoms with E-state index >= 15 is 0 Å². The third-order valence-corrected chi connectivity index (χ3v) is 7.09. The molecule has 3 aromatic heterocycles. The molecule has 0 radical (unpaired) electrons. The fraction of sp³-hybridized carbons (Fsp3) is 0.444. The fourth-order valence-electron chi connectivity index (χ4n) is 4.52. The van der Waals surface area contributed by atoms with Crippen LogP contribution in [0.3, 0.4) is 0 Å². The minimum Gasteiger partial charge on any atom is -0.349 e. The van der Waals surface area contributed by atoms with Crippen molar-refractivity contribution in [3.05, 3.63) is 39.3 Å². The van der Waals surface area contributed by atoms with Crippen molar-refractivity contribution in [2.24, 2.45) is 17.8 Å². The molecule has 3 aromatic rings. The van der Waals surface area contributed by atoms with Crippen LogP contribution in [-0.4, -0.2) is 21.0 Å². The molecule has 6 nitrogen and oxygen atoms in total. The molecule has 1 amide bonds. The number of fused-ring (bicyclic) bond motifs is 2. The lowest BCUT2D eigenvalue weighted by molar-refractivity contribution is -0.127. The molecule has 3 heterocycles. The first-order chi connectivity index (χ1) is 12.8. The number of hydrogen-bond donors (Lipinski definition) is 1. The lowest BCUT2D eigenvalue weighted by atomic mass is 9.78. The SMILES string of the molecule is O=C(NCc1nccs1)[C@H]1[C@H]2CC[C@H](C2)[C@@H]1c1nc(-c2ccsc2)no1. The minimum atomic E-state index is -0.0792. The van der Waals surface area contributed by atoms with Crippen LogP contribution < -0.4 is 5.32 Å². The molecule has 26 heavy (non-hydrogen) atoms. The highest BCUT2D eigenvalue weighted by Crippen LogP contribution is 2.56. The molecular formula is C18H18N4O2S2. The third-order valence-electron chi connectivity index (χ3n) is 5.62. The lowest BCUT2D eigenvalue weighted by Crippen LogP contribution is -2.37. The van der Waals surface area contributed by atoms with E-state index in [0.29, 0.717) is 30.1 Å². The molecule has 2 aliphatic rings. The number of thiazole rings is 1. The van der Waals surface area contributed by atoms with E-state index in [4.69, 9.17) is 4.52 Å². The van der Waals surface area contributed by atoms with Crippen molar-refractivity contribution < 1.29 is 9.32 Å². The predicted molar refractivity (Wildman–Crippen MR) is 98.6 cm³/mol. The zero-order valence-electron chi connectivity index (χ0n) is 14.0. The average molecular weight is 387 g/mol. The quantitative estimate of drug-likeness (QED) is 0.723. The summed E-state index contributed by atoms with van der Waals surface area (Å²) in [6, 6.07) is 1.98. The maximum absolute atomic E-state index is 12.9. The zero-order chi connectivity index (χ0) is 17.5. The van der Waals surface area contributed by atoms with E-state index in [9.17, 15) is 4.79 Å². The lowest BCUT2D eigenvalue weighted by Gasteiger charge is -2.27. The maximum atomic E-state index is 12.9. The van der Waals surface area contributed by atoms with Gasteiger partial charge in [0.25, 0.3) is 0 Å². The highest BCUT2D eigenvalue weighted by molar-refractivity contribution is 7.09. The molecule has 2 saturated carbocycles. The van der Waals surface area contributed by atoms with E-state index in [1.807, 2.05) is 22.2 Å². The van der Waals surface area contributed by atoms with Gasteiger partial charge in [-0.1, -0.05) is 5.16 Å². The Balaban J connectivity index is 1.37. The molecule has 0 aliphatic heterocycles. The van der Waals surface area contributed by atoms with E-state index in [1.54, 1.807) is 28.9 Å². The molecule has 134 valence electrons. The number of rotatable bonds is 5. The number of hydrogen-bond acceptors (Lipinski definition) is 7. The number of amides is 1. The first kappa shape index (κ1) is 16.1. The monoisotopic (exact) mass is 386 g/mol. The van der Waals surface area contributed by atoms with Crippen molar-refractivity contribution in [1.29, 1.82) is 0 Å². The Morgan fingerprint density at radius 3 is 3.04 bits per heavy atom. The normalized spacial score (nSPS) is 27.1. The summed E-state index contributed by atoms with van der Waals surface area (Å²) < 4.78 is 5.61. The van der Waals surface area contributed by atoms with Gasteiger partial charge >= 0.3 is 0 Å². The highest BCUT2D eigenvalue weighted by atomic mass is 32.1. The number of thiophene rings is 1. The van der Waals surface area contributed by atoms with Gasteiger partial charge in [-0.25, -0.2) is 4.98 Å². The second kappa shape index (κ2) is 6.59. The zero-order valence-corrected chi connectivity index (χ0v) is 15.6. The molecule has 0 saturated heterocycles. The van der Waals surface area contributed by atoms with Gasteiger partial charge in [0.05, 0.1) is 18.4 Å². The minimum absolute atomic E-state index is 0.0323. The van der Waals surface area contributed by atoms with Gasteiger partial charge in [-0.3, -0.25) is 4.79 Å². The van der Waals surface area contributed by atoms with Gasteiger partial charge in [0.15, 0.2) is 0 Å². The Morgan fingerprint density at radius 2 is 2.23 bits per heavy atom. The summed E-state index contributed by atoms with van der Waals surface area (Å²) in [5.74, 6) is 2.16. The Kier molecular flexibility index (Phi) is 4.09. The molecule has 1 N–H and O–H groups in total. The smallest absolute Gasteiger partial charge is 0.231 e. The van der Waals surface area contributed by atoms with Crippen molar-refractivity contribution in [2.75, 3.05) is 0 Å². The van der Waals surface area contributed by atoms with Crippen molar-refractivity contribution >= 4 is 28.6 Å². The van der Waals surface area contributed by atoms with Crippen molar-refractivity contribution in [3.63, 3.8) is 0 Å². The van der Waals surface area contributed by atoms with Crippen LogP contribution in [0.4, 0.5) is 0 Å². The van der Waals surface area contributed by atoms with Gasteiger partial charge in [-0.15, -0.1) is 11.3 Å². The summed E-state index contributed by atoms with van der Waals surface area (Å²) >= 11 is 3.16. The fourth-order valence-corrected chi connectivity index (χ4v) is 5.71. The number of nitrogens with one attached hydrogen (secondary N) is 1. The van der Waals surface area contributed by atoms with Gasteiger partial charge in [-0.05, 0) is 42.5 Å². The van der Waals surface area contributed by atoms with Crippen LogP contribution in [0.25, 0.3) is 11.4 Å². The van der Waals surface area contributed by atoms with Gasteiger partial charge in [0.1, 0.15) is 5.01 Å². The molecule has 0 aromatic carbocycles. The largest absolute Gasteiger partial charge is 0.349 e. The first-order valence-electron chi connectivity index (χ1n) is 8.82. The molecule has 5 rings (SSSR count). The summed E-state index contributed by atoms with van der Waals surface area (Å²) in [5, 5.41) is 14.1. The number of nitrogens with zero attached hydrogens (tertiary/aromatic N) is 3. The standard InChI is InChI=1S/C18H18N4O2S2/c23-17(20-8-13-19-4-6-26-13)14-10-1-2-11(7-10)15(14)18-21-16(22-24-18)12-3-5-25-9-12/h3-6,9-11,14-15H,1-2,7-8H2,(H,20,23)/t10-,11+,14-,15-/m0/s1. The molecule has 8 heteroatoms. The van der Waals surface area contributed by atoms with E-state index < -0.39 is 0 Å². The average Bonchev–Trinajstić information content (AvgIpc) is 3.45. The molecule has 4 atom stereocenters. The first-order valence-corrected chi connectivity index (χ1v) is 10.6. The van der Waals surface area contributed by atoms with Crippen molar-refractivity contribution in [3.8, 4) is 11.4 Å². The molecule has 0 unspecified atom stereocenters. The Morgan fingerprint density at radius 1 is 1.31 bits per heavy atom. The number of carbonyl (C=O) groups is 1. The van der Waals surface area contributed by atoms with Crippen LogP contribution in [0.5, 0.6) is 0 Å². The van der Waals surface area contributed by atoms with Gasteiger partial charge < -0.3 is 9.84 Å². The summed E-state index contributed by atoms with van der Waals surface area (Å²) in [7, 11) is 0. The second-order valence-electron chi connectivity index (χ2n) is 7.00. The van der Waals surface area contributed by atoms with Crippen LogP contribution in [0.1, 0.15) is 36.1 Å². The molecule has 2 aliphatic carbocycles. The Hall–Kier alpha value is -2.06. The number of aromatic nitrogens is 3. The van der Waals surface area contributed by atoms with Crippen molar-refractivity contribution in [2.45, 2.75) is 31.7 Å². The Bertz CT molecular complexity index is 890. The van der Waals surface area contributed by atoms with Crippen LogP contribution >= 0.6 is 22.7 Å². The summed E-state index contributed by atoms with van der Waals surface area (Å²) in [4.78, 5) is 21.8. The molecule has 2 bridgehead atoms. The third kappa shape index (κ3) is 2.77. The van der Waals surface area contributed by atoms with Crippen LogP contribution in [0.2, 0.25) is 0 Å². The molecule has 2 fully saturated rings. The Labute approximate surface area is 158 Å². The van der Waals surface area contributed by atoms with Crippen molar-refractivity contribution in [1.82, 2.24) is 20.4 Å². The summed E-state index contributed by atoms with van der Waals surface area (Å²) in [6.07, 6.45) is 5.09. The maximum Gasteiger partial charge on any atom is 0.231 e. The van der Waals surface area contributed by atoms with Crippen LogP contribution in [-0.2, 0) is 11.3 Å². The van der Waals surface area contributed by atoms with Gasteiger partial charge in [0.2, 0.25) is 17.6 Å². The van der Waals surface area contributed by atoms with Crippen LogP contribution in [0.15, 0.2) is 32.9 Å². The topological polar surface area (TPSA) is 80.9 Å². The van der Waals surface area contributed by atoms with E-state index in [0.717, 1.165) is 29.8 Å². The second-order valence-corrected chi connectivity index (χ2v) is 8.76. The van der Waals surface area contributed by atoms with Gasteiger partial charge in [-0.2, -0.15) is 16.3 Å². The summed E-state index contributed by atoms with van der Waals surface area (Å²) in [5.41, 5.74) is 0.970. The van der Waals surface area contributed by atoms with Crippen LogP contribution in [0, 0.1) is 17.8 Å². The van der Waals surface area contributed by atoms with E-state index in [2.05, 4.69) is 20.4 Å². The van der Waals surface area contributed by atoms with E-state index in [-0.39, 0.29) is 17.7 Å².